The van der Waals surface area contributed by atoms with Crippen molar-refractivity contribution >= 4 is 30.3 Å². The van der Waals surface area contributed by atoms with Crippen LogP contribution in [0.3, 0.4) is 0 Å². The molecule has 0 bridgehead atoms. The minimum absolute atomic E-state index is 0.0736. The largest absolute Gasteiger partial charge is 0.282 e. The van der Waals surface area contributed by atoms with E-state index in [1.54, 1.807) is 16.8 Å². The Morgan fingerprint density at radius 3 is 3.20 bits per heavy atom. The first-order valence-electron chi connectivity index (χ1n) is 2.78. The van der Waals surface area contributed by atoms with Gasteiger partial charge < -0.3 is 0 Å². The van der Waals surface area contributed by atoms with Crippen LogP contribution in [0.15, 0.2) is 11.6 Å². The van der Waals surface area contributed by atoms with E-state index in [4.69, 9.17) is 0 Å². The van der Waals surface area contributed by atoms with E-state index >= 15 is 0 Å². The molecule has 0 unspecified atom stereocenters. The van der Waals surface area contributed by atoms with Gasteiger partial charge in [0.1, 0.15) is 0 Å². The van der Waals surface area contributed by atoms with Crippen molar-refractivity contribution in [2.45, 2.75) is 0 Å². The maximum atomic E-state index is 10.7. The predicted octanol–water partition coefficient (Wildman–Crippen LogP) is 0.425. The van der Waals surface area contributed by atoms with Crippen molar-refractivity contribution < 1.29 is 4.79 Å². The molecule has 1 rings (SSSR count). The standard InChI is InChI=1S/C5H8N2OS2/c8-5(3-9)6-7-1-2-10-4-7/h1-2,9H,3-4H2,(H,6,8). The molecule has 0 aromatic carbocycles. The van der Waals surface area contributed by atoms with E-state index < -0.39 is 0 Å². The van der Waals surface area contributed by atoms with E-state index in [1.807, 2.05) is 11.6 Å². The summed E-state index contributed by atoms with van der Waals surface area (Å²) in [5.41, 5.74) is 2.64. The van der Waals surface area contributed by atoms with Gasteiger partial charge in [-0.05, 0) is 5.41 Å². The third-order valence-corrected chi connectivity index (χ3v) is 1.99. The second kappa shape index (κ2) is 3.78. The molecule has 1 aliphatic heterocycles. The van der Waals surface area contributed by atoms with E-state index in [-0.39, 0.29) is 11.7 Å². The van der Waals surface area contributed by atoms with Crippen molar-refractivity contribution in [3.8, 4) is 0 Å². The number of carbonyl (C=O) groups is 1. The molecule has 1 heterocycles. The van der Waals surface area contributed by atoms with Crippen molar-refractivity contribution in [2.75, 3.05) is 11.6 Å². The summed E-state index contributed by atoms with van der Waals surface area (Å²) in [4.78, 5) is 10.7. The molecular formula is C5H8N2OS2. The van der Waals surface area contributed by atoms with E-state index in [1.165, 1.54) is 0 Å². The van der Waals surface area contributed by atoms with Crippen molar-refractivity contribution in [3.05, 3.63) is 11.6 Å². The number of rotatable bonds is 2. The Morgan fingerprint density at radius 2 is 2.70 bits per heavy atom. The summed E-state index contributed by atoms with van der Waals surface area (Å²) in [6.07, 6.45) is 1.83. The SMILES string of the molecule is O=C(CS)NN1C=CSC1. The minimum Gasteiger partial charge on any atom is -0.282 e. The maximum absolute atomic E-state index is 10.7. The first-order valence-corrected chi connectivity index (χ1v) is 4.46. The number of thiol groups is 1. The second-order valence-electron chi connectivity index (χ2n) is 1.74. The van der Waals surface area contributed by atoms with Gasteiger partial charge in [0.05, 0.1) is 11.6 Å². The molecule has 56 valence electrons. The Morgan fingerprint density at radius 1 is 1.90 bits per heavy atom. The number of amides is 1. The van der Waals surface area contributed by atoms with Gasteiger partial charge in [0.15, 0.2) is 0 Å². The van der Waals surface area contributed by atoms with Gasteiger partial charge in [-0.3, -0.25) is 15.2 Å². The summed E-state index contributed by atoms with van der Waals surface area (Å²) < 4.78 is 0. The first kappa shape index (κ1) is 7.81. The highest BCUT2D eigenvalue weighted by Gasteiger charge is 2.05. The fourth-order valence-corrected chi connectivity index (χ4v) is 1.25. The van der Waals surface area contributed by atoms with Gasteiger partial charge in [-0.25, -0.2) is 0 Å². The summed E-state index contributed by atoms with van der Waals surface area (Å²) in [6, 6.07) is 0. The molecule has 1 N–H and O–H groups in total. The number of hydrazine groups is 1. The monoisotopic (exact) mass is 176 g/mol. The van der Waals surface area contributed by atoms with Crippen LogP contribution in [0.1, 0.15) is 0 Å². The summed E-state index contributed by atoms with van der Waals surface area (Å²) in [6.45, 7) is 0. The lowest BCUT2D eigenvalue weighted by molar-refractivity contribution is -0.121. The molecular weight excluding hydrogens is 168 g/mol. The van der Waals surface area contributed by atoms with Gasteiger partial charge in [-0.15, -0.1) is 11.8 Å². The fraction of sp³-hybridized carbons (Fsp3) is 0.400. The molecule has 0 aliphatic carbocycles. The maximum Gasteiger partial charge on any atom is 0.248 e. The third kappa shape index (κ3) is 2.15. The molecule has 1 aliphatic rings. The van der Waals surface area contributed by atoms with Crippen LogP contribution in [0.2, 0.25) is 0 Å². The van der Waals surface area contributed by atoms with Crippen LogP contribution in [-0.2, 0) is 4.79 Å². The summed E-state index contributed by atoms with van der Waals surface area (Å²) in [5.74, 6) is 0.949. The van der Waals surface area contributed by atoms with Gasteiger partial charge in [0, 0.05) is 6.20 Å². The normalized spacial score (nSPS) is 15.9. The van der Waals surface area contributed by atoms with E-state index in [0.717, 1.165) is 5.88 Å². The van der Waals surface area contributed by atoms with Crippen LogP contribution in [0.5, 0.6) is 0 Å². The first-order chi connectivity index (χ1) is 4.83. The topological polar surface area (TPSA) is 32.3 Å². The highest BCUT2D eigenvalue weighted by molar-refractivity contribution is 8.02. The van der Waals surface area contributed by atoms with Crippen LogP contribution in [0.4, 0.5) is 0 Å². The lowest BCUT2D eigenvalue weighted by atomic mass is 10.7. The molecule has 0 saturated heterocycles. The molecule has 0 spiro atoms. The summed E-state index contributed by atoms with van der Waals surface area (Å²) >= 11 is 5.46. The third-order valence-electron chi connectivity index (χ3n) is 0.963. The molecule has 3 nitrogen and oxygen atoms in total. The van der Waals surface area contributed by atoms with Gasteiger partial charge >= 0.3 is 0 Å². The molecule has 5 heteroatoms. The Hall–Kier alpha value is -0.290. The Labute approximate surface area is 69.2 Å². The average Bonchev–Trinajstić information content (AvgIpc) is 2.40. The molecule has 0 saturated carbocycles. The van der Waals surface area contributed by atoms with Crippen LogP contribution in [0, 0.1) is 0 Å². The van der Waals surface area contributed by atoms with Crippen molar-refractivity contribution in [2.24, 2.45) is 0 Å². The smallest absolute Gasteiger partial charge is 0.248 e. The van der Waals surface area contributed by atoms with Gasteiger partial charge in [0.2, 0.25) is 5.91 Å². The molecule has 1 amide bonds. The zero-order valence-corrected chi connectivity index (χ0v) is 6.99. The minimum atomic E-state index is -0.0736. The summed E-state index contributed by atoms with van der Waals surface area (Å²) in [5, 5.41) is 3.65. The lowest BCUT2D eigenvalue weighted by Crippen LogP contribution is -2.37. The molecule has 10 heavy (non-hydrogen) atoms. The van der Waals surface area contributed by atoms with Crippen molar-refractivity contribution in [1.82, 2.24) is 10.4 Å². The van der Waals surface area contributed by atoms with Crippen LogP contribution in [0.25, 0.3) is 0 Å². The molecule has 0 atom stereocenters. The van der Waals surface area contributed by atoms with Crippen LogP contribution >= 0.6 is 24.4 Å². The zero-order chi connectivity index (χ0) is 7.40. The average molecular weight is 176 g/mol. The number of thioether (sulfide) groups is 1. The lowest BCUT2D eigenvalue weighted by Gasteiger charge is -2.14. The number of nitrogens with zero attached hydrogens (tertiary/aromatic N) is 1. The van der Waals surface area contributed by atoms with E-state index in [2.05, 4.69) is 18.1 Å². The number of hydrogen-bond donors (Lipinski definition) is 2. The molecule has 0 aromatic heterocycles. The second-order valence-corrected chi connectivity index (χ2v) is 2.92. The molecule has 0 fully saturated rings. The van der Waals surface area contributed by atoms with Gasteiger partial charge in [0.25, 0.3) is 0 Å². The van der Waals surface area contributed by atoms with Crippen LogP contribution in [-0.4, -0.2) is 22.5 Å². The van der Waals surface area contributed by atoms with Gasteiger partial charge in [-0.2, -0.15) is 12.6 Å². The predicted molar refractivity (Wildman–Crippen MR) is 45.4 cm³/mol. The quantitative estimate of drug-likeness (QED) is 0.598. The number of nitrogens with one attached hydrogen (secondary N) is 1. The highest BCUT2D eigenvalue weighted by Crippen LogP contribution is 2.11. The Bertz CT molecular complexity index is 160. The Kier molecular flexibility index (Phi) is 2.95. The molecule has 0 radical (unpaired) electrons. The fourth-order valence-electron chi connectivity index (χ4n) is 0.548. The zero-order valence-electron chi connectivity index (χ0n) is 5.28. The Balaban J connectivity index is 2.24. The summed E-state index contributed by atoms with van der Waals surface area (Å²) in [7, 11) is 0. The van der Waals surface area contributed by atoms with E-state index in [0.29, 0.717) is 0 Å². The molecule has 0 aromatic rings. The number of hydrogen-bond acceptors (Lipinski definition) is 4. The highest BCUT2D eigenvalue weighted by atomic mass is 32.2. The van der Waals surface area contributed by atoms with E-state index in [9.17, 15) is 4.79 Å². The van der Waals surface area contributed by atoms with Crippen molar-refractivity contribution in [3.63, 3.8) is 0 Å². The van der Waals surface area contributed by atoms with Crippen LogP contribution < -0.4 is 5.43 Å². The number of carbonyl (C=O) groups excluding carboxylic acids is 1. The van der Waals surface area contributed by atoms with Gasteiger partial charge in [-0.1, -0.05) is 0 Å². The van der Waals surface area contributed by atoms with Crippen molar-refractivity contribution in [1.29, 1.82) is 0 Å².